The zero-order valence-corrected chi connectivity index (χ0v) is 23.3. The van der Waals surface area contributed by atoms with Gasteiger partial charge < -0.3 is 18.2 Å². The molecule has 0 fully saturated rings. The van der Waals surface area contributed by atoms with Gasteiger partial charge >= 0.3 is 0 Å². The van der Waals surface area contributed by atoms with Crippen LogP contribution in [0.2, 0.25) is 0 Å². The van der Waals surface area contributed by atoms with Gasteiger partial charge in [0.25, 0.3) is 0 Å². The van der Waals surface area contributed by atoms with E-state index in [2.05, 4.69) is 71.6 Å². The van der Waals surface area contributed by atoms with Crippen LogP contribution in [-0.4, -0.2) is 4.98 Å². The molecule has 3 heterocycles. The third-order valence-corrected chi connectivity index (χ3v) is 8.62. The number of fused-ring (bicyclic) bond motifs is 6. The van der Waals surface area contributed by atoms with Gasteiger partial charge in [0.2, 0.25) is 5.89 Å². The van der Waals surface area contributed by atoms with Crippen LogP contribution in [0, 0.1) is 0 Å². The Morgan fingerprint density at radius 2 is 1.11 bits per heavy atom. The van der Waals surface area contributed by atoms with Crippen molar-refractivity contribution in [2.75, 3.05) is 4.90 Å². The highest BCUT2D eigenvalue weighted by Crippen LogP contribution is 2.47. The van der Waals surface area contributed by atoms with Crippen molar-refractivity contribution >= 4 is 82.8 Å². The number of oxazole rings is 1. The zero-order valence-electron chi connectivity index (χ0n) is 23.3. The number of anilines is 3. The summed E-state index contributed by atoms with van der Waals surface area (Å²) in [7, 11) is 0. The number of aromatic nitrogens is 1. The summed E-state index contributed by atoms with van der Waals surface area (Å²) in [6, 6.07) is 45.5. The van der Waals surface area contributed by atoms with Crippen LogP contribution in [0.4, 0.5) is 17.1 Å². The minimum Gasteiger partial charge on any atom is -0.456 e. The first-order chi connectivity index (χ1) is 21.8. The first kappa shape index (κ1) is 23.5. The summed E-state index contributed by atoms with van der Waals surface area (Å²) in [6.45, 7) is 0. The molecular weight excluding hydrogens is 544 g/mol. The van der Waals surface area contributed by atoms with E-state index in [4.69, 9.17) is 18.2 Å². The van der Waals surface area contributed by atoms with Crippen molar-refractivity contribution in [3.8, 4) is 11.5 Å². The van der Waals surface area contributed by atoms with E-state index in [1.54, 1.807) is 0 Å². The fourth-order valence-corrected chi connectivity index (χ4v) is 6.70. The maximum Gasteiger partial charge on any atom is 0.227 e. The fraction of sp³-hybridized carbons (Fsp3) is 0. The standard InChI is InChI=1S/C39H22N2O3/c1-3-10-23(11-4-1)39-40-37-30-20-26(22-34-36(30)35-29(38(37)44-39)15-9-17-32(35)43-34)41(24-12-5-2-6-13-24)25-18-19-28-27-14-7-8-16-31(27)42-33(28)21-25/h1-22H. The third-order valence-electron chi connectivity index (χ3n) is 8.62. The van der Waals surface area contributed by atoms with Crippen LogP contribution < -0.4 is 4.90 Å². The molecule has 44 heavy (non-hydrogen) atoms. The lowest BCUT2D eigenvalue weighted by molar-refractivity contribution is 0.623. The lowest BCUT2D eigenvalue weighted by atomic mass is 9.99. The molecule has 3 aromatic heterocycles. The van der Waals surface area contributed by atoms with Gasteiger partial charge in [0, 0.05) is 61.4 Å². The number of furan rings is 2. The van der Waals surface area contributed by atoms with Crippen molar-refractivity contribution in [1.82, 2.24) is 4.98 Å². The van der Waals surface area contributed by atoms with Crippen molar-refractivity contribution in [2.45, 2.75) is 0 Å². The highest BCUT2D eigenvalue weighted by molar-refractivity contribution is 6.32. The molecule has 5 nitrogen and oxygen atoms in total. The highest BCUT2D eigenvalue weighted by atomic mass is 16.4. The average Bonchev–Trinajstić information content (AvgIpc) is 3.79. The first-order valence-corrected chi connectivity index (χ1v) is 14.6. The first-order valence-electron chi connectivity index (χ1n) is 14.6. The molecule has 10 rings (SSSR count). The number of hydrogen-bond acceptors (Lipinski definition) is 5. The Labute approximate surface area is 250 Å². The summed E-state index contributed by atoms with van der Waals surface area (Å²) in [5.41, 5.74) is 8.82. The van der Waals surface area contributed by atoms with Crippen molar-refractivity contribution in [1.29, 1.82) is 0 Å². The normalized spacial score (nSPS) is 12.1. The van der Waals surface area contributed by atoms with E-state index in [-0.39, 0.29) is 0 Å². The van der Waals surface area contributed by atoms with Gasteiger partial charge in [0.1, 0.15) is 27.8 Å². The van der Waals surface area contributed by atoms with Crippen LogP contribution in [0.5, 0.6) is 0 Å². The van der Waals surface area contributed by atoms with Gasteiger partial charge in [-0.25, -0.2) is 4.98 Å². The predicted octanol–water partition coefficient (Wildman–Crippen LogP) is 11.4. The van der Waals surface area contributed by atoms with Crippen molar-refractivity contribution in [3.05, 3.63) is 133 Å². The molecule has 0 spiro atoms. The molecule has 206 valence electrons. The van der Waals surface area contributed by atoms with Crippen LogP contribution in [0.25, 0.3) is 77.2 Å². The van der Waals surface area contributed by atoms with Crippen LogP contribution in [0.15, 0.2) is 147 Å². The van der Waals surface area contributed by atoms with Crippen LogP contribution in [-0.2, 0) is 0 Å². The maximum absolute atomic E-state index is 6.53. The van der Waals surface area contributed by atoms with Gasteiger partial charge in [0.05, 0.1) is 5.69 Å². The molecule has 0 aliphatic heterocycles. The Bertz CT molecular complexity index is 2660. The summed E-state index contributed by atoms with van der Waals surface area (Å²) < 4.78 is 19.3. The minimum absolute atomic E-state index is 0.600. The molecule has 7 aromatic carbocycles. The van der Waals surface area contributed by atoms with Crippen LogP contribution in [0.3, 0.4) is 0 Å². The second-order valence-corrected chi connectivity index (χ2v) is 11.2. The number of hydrogen-bond donors (Lipinski definition) is 0. The Kier molecular flexibility index (Phi) is 4.66. The molecule has 0 atom stereocenters. The lowest BCUT2D eigenvalue weighted by Crippen LogP contribution is -2.09. The summed E-state index contributed by atoms with van der Waals surface area (Å²) in [5, 5.41) is 6.30. The van der Waals surface area contributed by atoms with E-state index in [9.17, 15) is 0 Å². The molecule has 0 aliphatic carbocycles. The van der Waals surface area contributed by atoms with Gasteiger partial charge in [-0.2, -0.15) is 0 Å². The topological polar surface area (TPSA) is 55.6 Å². The number of benzene rings is 7. The zero-order chi connectivity index (χ0) is 28.8. The van der Waals surface area contributed by atoms with E-state index in [1.807, 2.05) is 66.7 Å². The van der Waals surface area contributed by atoms with E-state index in [0.717, 1.165) is 88.4 Å². The molecule has 5 heteroatoms. The predicted molar refractivity (Wildman–Crippen MR) is 177 cm³/mol. The van der Waals surface area contributed by atoms with Crippen LogP contribution in [0.1, 0.15) is 0 Å². The average molecular weight is 567 g/mol. The fourth-order valence-electron chi connectivity index (χ4n) is 6.70. The molecule has 0 bridgehead atoms. The largest absolute Gasteiger partial charge is 0.456 e. The molecular formula is C39H22N2O3. The lowest BCUT2D eigenvalue weighted by Gasteiger charge is -2.25. The second-order valence-electron chi connectivity index (χ2n) is 11.2. The second kappa shape index (κ2) is 8.72. The van der Waals surface area contributed by atoms with Gasteiger partial charge in [-0.1, -0.05) is 66.7 Å². The Morgan fingerprint density at radius 1 is 0.432 bits per heavy atom. The van der Waals surface area contributed by atoms with E-state index >= 15 is 0 Å². The summed E-state index contributed by atoms with van der Waals surface area (Å²) >= 11 is 0. The third kappa shape index (κ3) is 3.26. The molecule has 0 radical (unpaired) electrons. The van der Waals surface area contributed by atoms with E-state index < -0.39 is 0 Å². The van der Waals surface area contributed by atoms with Gasteiger partial charge in [-0.15, -0.1) is 0 Å². The van der Waals surface area contributed by atoms with Crippen LogP contribution >= 0.6 is 0 Å². The monoisotopic (exact) mass is 566 g/mol. The van der Waals surface area contributed by atoms with Gasteiger partial charge in [-0.05, 0) is 54.6 Å². The summed E-state index contributed by atoms with van der Waals surface area (Å²) in [5.74, 6) is 0.600. The Hall–Kier alpha value is -6.07. The molecule has 0 N–H and O–H groups in total. The molecule has 0 saturated heterocycles. The molecule has 0 unspecified atom stereocenters. The van der Waals surface area contributed by atoms with E-state index in [1.165, 1.54) is 0 Å². The molecule has 0 amide bonds. The number of para-hydroxylation sites is 2. The maximum atomic E-state index is 6.53. The minimum atomic E-state index is 0.600. The smallest absolute Gasteiger partial charge is 0.227 e. The SMILES string of the molecule is c1ccc(-c2nc3c4cc(N(c5ccccc5)c5ccc6c(c5)oc5ccccc56)cc5oc6cccc(c3o2)c6c54)cc1. The molecule has 0 saturated carbocycles. The van der Waals surface area contributed by atoms with Crippen molar-refractivity contribution < 1.29 is 13.3 Å². The quantitative estimate of drug-likeness (QED) is 0.198. The highest BCUT2D eigenvalue weighted by Gasteiger charge is 2.24. The summed E-state index contributed by atoms with van der Waals surface area (Å²) in [6.07, 6.45) is 0. The van der Waals surface area contributed by atoms with Gasteiger partial charge in [0.15, 0.2) is 5.58 Å². The van der Waals surface area contributed by atoms with Gasteiger partial charge in [-0.3, -0.25) is 0 Å². The van der Waals surface area contributed by atoms with Crippen molar-refractivity contribution in [3.63, 3.8) is 0 Å². The number of rotatable bonds is 4. The Morgan fingerprint density at radius 3 is 2.00 bits per heavy atom. The number of nitrogens with zero attached hydrogens (tertiary/aromatic N) is 2. The molecule has 10 aromatic rings. The molecule has 0 aliphatic rings. The summed E-state index contributed by atoms with van der Waals surface area (Å²) in [4.78, 5) is 7.32. The van der Waals surface area contributed by atoms with Crippen molar-refractivity contribution in [2.24, 2.45) is 0 Å². The van der Waals surface area contributed by atoms with E-state index in [0.29, 0.717) is 5.89 Å². The Balaban J connectivity index is 1.27.